The Labute approximate surface area is 109 Å². The molecular weight excluding hydrogens is 252 g/mol. The van der Waals surface area contributed by atoms with E-state index in [-0.39, 0.29) is 6.04 Å². The number of benzene rings is 1. The van der Waals surface area contributed by atoms with Crippen molar-refractivity contribution in [3.05, 3.63) is 29.8 Å². The minimum absolute atomic E-state index is 0.0863. The lowest BCUT2D eigenvalue weighted by molar-refractivity contribution is 0.169. The quantitative estimate of drug-likeness (QED) is 0.752. The largest absolute Gasteiger partial charge is 0.383 e. The molecule has 0 saturated heterocycles. The Morgan fingerprint density at radius 3 is 2.50 bits per heavy atom. The van der Waals surface area contributed by atoms with Gasteiger partial charge in [0.25, 0.3) is 0 Å². The van der Waals surface area contributed by atoms with Gasteiger partial charge in [-0.15, -0.1) is 0 Å². The van der Waals surface area contributed by atoms with Gasteiger partial charge in [0.05, 0.1) is 11.5 Å². The number of ether oxygens (including phenoxy) is 1. The van der Waals surface area contributed by atoms with Crippen LogP contribution in [0.25, 0.3) is 0 Å². The van der Waals surface area contributed by atoms with E-state index >= 15 is 0 Å². The second kappa shape index (κ2) is 6.84. The second-order valence-electron chi connectivity index (χ2n) is 3.96. The summed E-state index contributed by atoms with van der Waals surface area (Å²) in [6, 6.07) is 7.08. The van der Waals surface area contributed by atoms with E-state index in [4.69, 9.17) is 4.74 Å². The van der Waals surface area contributed by atoms with Crippen molar-refractivity contribution in [3.8, 4) is 0 Å². The molecule has 0 aromatic heterocycles. The van der Waals surface area contributed by atoms with Crippen LogP contribution in [-0.4, -0.2) is 42.3 Å². The zero-order valence-electron chi connectivity index (χ0n) is 10.9. The van der Waals surface area contributed by atoms with E-state index < -0.39 is 10.0 Å². The summed E-state index contributed by atoms with van der Waals surface area (Å²) in [5.41, 5.74) is 0.781. The molecule has 1 aromatic carbocycles. The van der Waals surface area contributed by atoms with Crippen molar-refractivity contribution in [3.63, 3.8) is 0 Å². The van der Waals surface area contributed by atoms with Gasteiger partial charge in [0.2, 0.25) is 10.0 Å². The van der Waals surface area contributed by atoms with Crippen LogP contribution in [0.5, 0.6) is 0 Å². The van der Waals surface area contributed by atoms with Crippen LogP contribution in [-0.2, 0) is 21.2 Å². The molecular formula is C12H20N2O3S. The normalized spacial score (nSPS) is 13.5. The van der Waals surface area contributed by atoms with Gasteiger partial charge >= 0.3 is 0 Å². The predicted molar refractivity (Wildman–Crippen MR) is 71.1 cm³/mol. The number of hydrogen-bond acceptors (Lipinski definition) is 4. The van der Waals surface area contributed by atoms with Crippen molar-refractivity contribution in [1.82, 2.24) is 10.0 Å². The molecule has 2 N–H and O–H groups in total. The summed E-state index contributed by atoms with van der Waals surface area (Å²) in [4.78, 5) is 0.323. The first-order chi connectivity index (χ1) is 8.55. The van der Waals surface area contributed by atoms with Crippen LogP contribution in [0.15, 0.2) is 29.2 Å². The van der Waals surface area contributed by atoms with Gasteiger partial charge < -0.3 is 10.1 Å². The lowest BCUT2D eigenvalue weighted by Crippen LogP contribution is -2.33. The van der Waals surface area contributed by atoms with Gasteiger partial charge in [0.1, 0.15) is 0 Å². The molecule has 0 heterocycles. The fourth-order valence-electron chi connectivity index (χ4n) is 1.76. The summed E-state index contributed by atoms with van der Waals surface area (Å²) in [6.07, 6.45) is 0.599. The van der Waals surface area contributed by atoms with E-state index in [1.165, 1.54) is 7.05 Å². The number of likely N-dealkylation sites (N-methyl/N-ethyl adjacent to an activating group) is 1. The summed E-state index contributed by atoms with van der Waals surface area (Å²) < 4.78 is 31.2. The fraction of sp³-hybridized carbons (Fsp3) is 0.500. The average molecular weight is 272 g/mol. The van der Waals surface area contributed by atoms with Crippen molar-refractivity contribution < 1.29 is 13.2 Å². The first kappa shape index (κ1) is 15.1. The minimum Gasteiger partial charge on any atom is -0.383 e. The molecule has 0 aliphatic carbocycles. The zero-order chi connectivity index (χ0) is 13.6. The molecule has 102 valence electrons. The molecule has 0 saturated carbocycles. The lowest BCUT2D eigenvalue weighted by Gasteiger charge is -2.17. The van der Waals surface area contributed by atoms with Gasteiger partial charge in [-0.25, -0.2) is 13.1 Å². The van der Waals surface area contributed by atoms with Crippen LogP contribution in [0.2, 0.25) is 0 Å². The van der Waals surface area contributed by atoms with Crippen LogP contribution in [0.1, 0.15) is 5.56 Å². The van der Waals surface area contributed by atoms with Crippen molar-refractivity contribution in [2.45, 2.75) is 17.4 Å². The van der Waals surface area contributed by atoms with Crippen LogP contribution in [0.3, 0.4) is 0 Å². The Bertz CT molecular complexity index is 474. The Morgan fingerprint density at radius 1 is 1.28 bits per heavy atom. The molecule has 0 aliphatic rings. The first-order valence-corrected chi connectivity index (χ1v) is 7.21. The number of sulfonamides is 1. The van der Waals surface area contributed by atoms with Gasteiger partial charge in [-0.3, -0.25) is 0 Å². The average Bonchev–Trinajstić information content (AvgIpc) is 2.38. The molecule has 0 spiro atoms. The number of methoxy groups -OCH3 is 1. The third kappa shape index (κ3) is 3.78. The van der Waals surface area contributed by atoms with E-state index in [1.54, 1.807) is 19.2 Å². The maximum Gasteiger partial charge on any atom is 0.240 e. The number of hydrogen-bond donors (Lipinski definition) is 2. The smallest absolute Gasteiger partial charge is 0.240 e. The fourth-order valence-corrected chi connectivity index (χ4v) is 2.73. The molecule has 18 heavy (non-hydrogen) atoms. The van der Waals surface area contributed by atoms with E-state index in [0.717, 1.165) is 5.56 Å². The summed E-state index contributed by atoms with van der Waals surface area (Å²) in [6.45, 7) is 0.532. The standard InChI is InChI=1S/C12H20N2O3S/c1-13-11(9-17-3)8-10-6-4-5-7-12(10)18(15,16)14-2/h4-7,11,13-14H,8-9H2,1-3H3. The molecule has 6 heteroatoms. The molecule has 0 aliphatic heterocycles. The van der Waals surface area contributed by atoms with Crippen LogP contribution in [0.4, 0.5) is 0 Å². The Balaban J connectivity index is 3.03. The molecule has 1 atom stereocenters. The summed E-state index contributed by atoms with van der Waals surface area (Å²) in [7, 11) is 1.46. The van der Waals surface area contributed by atoms with Crippen molar-refractivity contribution >= 4 is 10.0 Å². The van der Waals surface area contributed by atoms with Gasteiger partial charge in [0.15, 0.2) is 0 Å². The van der Waals surface area contributed by atoms with E-state index in [1.807, 2.05) is 19.2 Å². The Kier molecular flexibility index (Phi) is 5.74. The topological polar surface area (TPSA) is 67.4 Å². The highest BCUT2D eigenvalue weighted by Gasteiger charge is 2.18. The lowest BCUT2D eigenvalue weighted by atomic mass is 10.1. The summed E-state index contributed by atoms with van der Waals surface area (Å²) >= 11 is 0. The predicted octanol–water partition coefficient (Wildman–Crippen LogP) is 0.372. The highest BCUT2D eigenvalue weighted by molar-refractivity contribution is 7.89. The highest BCUT2D eigenvalue weighted by Crippen LogP contribution is 2.16. The van der Waals surface area contributed by atoms with Gasteiger partial charge in [-0.2, -0.15) is 0 Å². The number of rotatable bonds is 7. The van der Waals surface area contributed by atoms with Crippen molar-refractivity contribution in [2.24, 2.45) is 0 Å². The third-order valence-corrected chi connectivity index (χ3v) is 4.29. The highest BCUT2D eigenvalue weighted by atomic mass is 32.2. The van der Waals surface area contributed by atoms with Crippen LogP contribution >= 0.6 is 0 Å². The van der Waals surface area contributed by atoms with Crippen LogP contribution < -0.4 is 10.0 Å². The molecule has 1 unspecified atom stereocenters. The second-order valence-corrected chi connectivity index (χ2v) is 5.82. The molecule has 1 rings (SSSR count). The number of nitrogens with one attached hydrogen (secondary N) is 2. The molecule has 0 fully saturated rings. The summed E-state index contributed by atoms with van der Waals surface area (Å²) in [5, 5.41) is 3.11. The van der Waals surface area contributed by atoms with Gasteiger partial charge in [-0.1, -0.05) is 18.2 Å². The Hall–Kier alpha value is -0.950. The van der Waals surface area contributed by atoms with E-state index in [9.17, 15) is 8.42 Å². The van der Waals surface area contributed by atoms with E-state index in [0.29, 0.717) is 17.9 Å². The monoisotopic (exact) mass is 272 g/mol. The zero-order valence-corrected chi connectivity index (χ0v) is 11.8. The first-order valence-electron chi connectivity index (χ1n) is 5.72. The van der Waals surface area contributed by atoms with E-state index in [2.05, 4.69) is 10.0 Å². The van der Waals surface area contributed by atoms with Crippen molar-refractivity contribution in [2.75, 3.05) is 27.8 Å². The van der Waals surface area contributed by atoms with Crippen LogP contribution in [0, 0.1) is 0 Å². The van der Waals surface area contributed by atoms with Crippen molar-refractivity contribution in [1.29, 1.82) is 0 Å². The maximum atomic E-state index is 11.9. The SMILES string of the molecule is CNC(COC)Cc1ccccc1S(=O)(=O)NC. The van der Waals surface area contributed by atoms with Gasteiger partial charge in [-0.05, 0) is 32.1 Å². The van der Waals surface area contributed by atoms with Gasteiger partial charge in [0, 0.05) is 13.2 Å². The molecule has 5 nitrogen and oxygen atoms in total. The molecule has 1 aromatic rings. The maximum absolute atomic E-state index is 11.9. The minimum atomic E-state index is -3.42. The Morgan fingerprint density at radius 2 is 1.94 bits per heavy atom. The molecule has 0 amide bonds. The molecule has 0 bridgehead atoms. The summed E-state index contributed by atoms with van der Waals surface area (Å²) in [5.74, 6) is 0. The third-order valence-electron chi connectivity index (χ3n) is 2.77. The molecule has 0 radical (unpaired) electrons.